The molecule has 15 heavy (non-hydrogen) atoms. The van der Waals surface area contributed by atoms with E-state index in [1.807, 2.05) is 0 Å². The minimum Gasteiger partial charge on any atom is -0.317 e. The average molecular weight is 211 g/mol. The van der Waals surface area contributed by atoms with Gasteiger partial charge in [-0.3, -0.25) is 0 Å². The van der Waals surface area contributed by atoms with Crippen LogP contribution in [0.15, 0.2) is 0 Å². The molecule has 0 atom stereocenters. The Kier molecular flexibility index (Phi) is 4.42. The van der Waals surface area contributed by atoms with Crippen molar-refractivity contribution >= 4 is 0 Å². The molecular formula is C12H25N3. The Bertz CT molecular complexity index is 170. The number of hydrogen-bond acceptors (Lipinski definition) is 3. The Hall–Kier alpha value is -0.120. The fourth-order valence-corrected chi connectivity index (χ4v) is 2.72. The molecule has 0 aromatic carbocycles. The smallest absolute Gasteiger partial charge is 0.0110 e. The molecule has 2 fully saturated rings. The summed E-state index contributed by atoms with van der Waals surface area (Å²) in [7, 11) is 0. The monoisotopic (exact) mass is 211 g/mol. The topological polar surface area (TPSA) is 18.5 Å². The standard InChI is InChI=1S/C12H25N3/c1-2-14-7-9-15(10-8-14)11-12-3-5-13-6-4-12/h12-13H,2-11H2,1H3. The maximum Gasteiger partial charge on any atom is 0.0110 e. The molecule has 2 aliphatic heterocycles. The molecule has 2 saturated heterocycles. The molecule has 1 N–H and O–H groups in total. The SMILES string of the molecule is CCN1CCN(CC2CCNCC2)CC1. The van der Waals surface area contributed by atoms with Crippen LogP contribution in [0.25, 0.3) is 0 Å². The zero-order valence-corrected chi connectivity index (χ0v) is 10.0. The van der Waals surface area contributed by atoms with Crippen molar-refractivity contribution in [1.29, 1.82) is 0 Å². The third-order valence-corrected chi connectivity index (χ3v) is 3.89. The number of hydrogen-bond donors (Lipinski definition) is 1. The van der Waals surface area contributed by atoms with Crippen LogP contribution in [-0.4, -0.2) is 62.2 Å². The Balaban J connectivity index is 1.67. The van der Waals surface area contributed by atoms with Crippen LogP contribution in [0.3, 0.4) is 0 Å². The lowest BCUT2D eigenvalue weighted by Crippen LogP contribution is -2.48. The van der Waals surface area contributed by atoms with E-state index in [4.69, 9.17) is 0 Å². The molecule has 2 aliphatic rings. The van der Waals surface area contributed by atoms with Gasteiger partial charge in [-0.1, -0.05) is 6.92 Å². The van der Waals surface area contributed by atoms with Gasteiger partial charge in [-0.15, -0.1) is 0 Å². The second-order valence-corrected chi connectivity index (χ2v) is 4.93. The summed E-state index contributed by atoms with van der Waals surface area (Å²) in [5, 5.41) is 3.44. The van der Waals surface area contributed by atoms with Crippen molar-refractivity contribution in [2.45, 2.75) is 19.8 Å². The summed E-state index contributed by atoms with van der Waals surface area (Å²) in [5.41, 5.74) is 0. The highest BCUT2D eigenvalue weighted by atomic mass is 15.3. The minimum atomic E-state index is 0.958. The second kappa shape index (κ2) is 5.83. The summed E-state index contributed by atoms with van der Waals surface area (Å²) in [6, 6.07) is 0. The van der Waals surface area contributed by atoms with E-state index in [2.05, 4.69) is 22.0 Å². The van der Waals surface area contributed by atoms with Gasteiger partial charge in [0.25, 0.3) is 0 Å². The molecule has 0 aromatic heterocycles. The van der Waals surface area contributed by atoms with Gasteiger partial charge >= 0.3 is 0 Å². The van der Waals surface area contributed by atoms with Crippen LogP contribution < -0.4 is 5.32 Å². The largest absolute Gasteiger partial charge is 0.317 e. The number of rotatable bonds is 3. The van der Waals surface area contributed by atoms with Crippen molar-refractivity contribution < 1.29 is 0 Å². The molecule has 0 bridgehead atoms. The van der Waals surface area contributed by atoms with Gasteiger partial charge in [-0.25, -0.2) is 0 Å². The fourth-order valence-electron chi connectivity index (χ4n) is 2.72. The lowest BCUT2D eigenvalue weighted by Gasteiger charge is -2.36. The van der Waals surface area contributed by atoms with Gasteiger partial charge in [0, 0.05) is 32.7 Å². The summed E-state index contributed by atoms with van der Waals surface area (Å²) in [5.74, 6) is 0.958. The third kappa shape index (κ3) is 3.44. The highest BCUT2D eigenvalue weighted by molar-refractivity contribution is 4.76. The molecule has 0 unspecified atom stereocenters. The van der Waals surface area contributed by atoms with Crippen LogP contribution in [0.5, 0.6) is 0 Å². The van der Waals surface area contributed by atoms with E-state index in [1.54, 1.807) is 0 Å². The maximum atomic E-state index is 3.44. The van der Waals surface area contributed by atoms with E-state index in [1.165, 1.54) is 65.2 Å². The first kappa shape index (κ1) is 11.4. The average Bonchev–Trinajstić information content (AvgIpc) is 2.31. The molecule has 3 heteroatoms. The van der Waals surface area contributed by atoms with E-state index in [0.29, 0.717) is 0 Å². The van der Waals surface area contributed by atoms with Crippen molar-refractivity contribution in [2.24, 2.45) is 5.92 Å². The maximum absolute atomic E-state index is 3.44. The van der Waals surface area contributed by atoms with Crippen molar-refractivity contribution in [3.8, 4) is 0 Å². The van der Waals surface area contributed by atoms with Gasteiger partial charge in [0.05, 0.1) is 0 Å². The first-order valence-corrected chi connectivity index (χ1v) is 6.54. The zero-order chi connectivity index (χ0) is 10.5. The minimum absolute atomic E-state index is 0.958. The van der Waals surface area contributed by atoms with E-state index in [9.17, 15) is 0 Å². The predicted octanol–water partition coefficient (Wildman–Crippen LogP) is 0.623. The molecule has 2 rings (SSSR count). The highest BCUT2D eigenvalue weighted by Gasteiger charge is 2.20. The number of likely N-dealkylation sites (N-methyl/N-ethyl adjacent to an activating group) is 1. The quantitative estimate of drug-likeness (QED) is 0.738. The molecule has 0 radical (unpaired) electrons. The van der Waals surface area contributed by atoms with Crippen molar-refractivity contribution in [3.63, 3.8) is 0 Å². The van der Waals surface area contributed by atoms with Gasteiger partial charge < -0.3 is 15.1 Å². The Morgan fingerprint density at radius 1 is 1.00 bits per heavy atom. The van der Waals surface area contributed by atoms with Crippen LogP contribution in [-0.2, 0) is 0 Å². The number of piperazine rings is 1. The third-order valence-electron chi connectivity index (χ3n) is 3.89. The van der Waals surface area contributed by atoms with Crippen LogP contribution >= 0.6 is 0 Å². The summed E-state index contributed by atoms with van der Waals surface area (Å²) >= 11 is 0. The second-order valence-electron chi connectivity index (χ2n) is 4.93. The fraction of sp³-hybridized carbons (Fsp3) is 1.00. The van der Waals surface area contributed by atoms with Gasteiger partial charge in [0.15, 0.2) is 0 Å². The molecule has 0 saturated carbocycles. The summed E-state index contributed by atoms with van der Waals surface area (Å²) < 4.78 is 0. The Labute approximate surface area is 93.8 Å². The number of nitrogens with one attached hydrogen (secondary N) is 1. The highest BCUT2D eigenvalue weighted by Crippen LogP contribution is 2.14. The van der Waals surface area contributed by atoms with Crippen molar-refractivity contribution in [3.05, 3.63) is 0 Å². The normalized spacial score (nSPS) is 27.0. The van der Waals surface area contributed by atoms with Crippen LogP contribution in [0.2, 0.25) is 0 Å². The number of nitrogens with zero attached hydrogens (tertiary/aromatic N) is 2. The summed E-state index contributed by atoms with van der Waals surface area (Å²) in [4.78, 5) is 5.22. The molecule has 3 nitrogen and oxygen atoms in total. The Morgan fingerprint density at radius 3 is 2.20 bits per heavy atom. The summed E-state index contributed by atoms with van der Waals surface area (Å²) in [6.45, 7) is 12.4. The lowest BCUT2D eigenvalue weighted by atomic mass is 9.97. The molecular weight excluding hydrogens is 186 g/mol. The van der Waals surface area contributed by atoms with Gasteiger partial charge in [0.1, 0.15) is 0 Å². The lowest BCUT2D eigenvalue weighted by molar-refractivity contribution is 0.115. The molecule has 0 amide bonds. The first-order chi connectivity index (χ1) is 7.38. The van der Waals surface area contributed by atoms with Gasteiger partial charge in [0.2, 0.25) is 0 Å². The molecule has 2 heterocycles. The van der Waals surface area contributed by atoms with Crippen LogP contribution in [0.1, 0.15) is 19.8 Å². The molecule has 88 valence electrons. The first-order valence-electron chi connectivity index (χ1n) is 6.54. The Morgan fingerprint density at radius 2 is 1.60 bits per heavy atom. The molecule has 0 aromatic rings. The van der Waals surface area contributed by atoms with E-state index in [-0.39, 0.29) is 0 Å². The van der Waals surface area contributed by atoms with Crippen LogP contribution in [0, 0.1) is 5.92 Å². The van der Waals surface area contributed by atoms with E-state index >= 15 is 0 Å². The van der Waals surface area contributed by atoms with Crippen molar-refractivity contribution in [1.82, 2.24) is 15.1 Å². The molecule has 0 spiro atoms. The summed E-state index contributed by atoms with van der Waals surface area (Å²) in [6.07, 6.45) is 2.77. The zero-order valence-electron chi connectivity index (χ0n) is 10.0. The molecule has 0 aliphatic carbocycles. The van der Waals surface area contributed by atoms with E-state index < -0.39 is 0 Å². The van der Waals surface area contributed by atoms with Crippen molar-refractivity contribution in [2.75, 3.05) is 52.4 Å². The van der Waals surface area contributed by atoms with Crippen LogP contribution in [0.4, 0.5) is 0 Å². The van der Waals surface area contributed by atoms with Gasteiger partial charge in [-0.05, 0) is 38.4 Å². The van der Waals surface area contributed by atoms with Gasteiger partial charge in [-0.2, -0.15) is 0 Å². The van der Waals surface area contributed by atoms with E-state index in [0.717, 1.165) is 5.92 Å². The number of piperidine rings is 1. The predicted molar refractivity (Wildman–Crippen MR) is 64.1 cm³/mol.